The van der Waals surface area contributed by atoms with Crippen LogP contribution >= 0.6 is 15.9 Å². The number of benzene rings is 1. The topological polar surface area (TPSA) is 48.4 Å². The molecular formula is C22H28BrNO3. The number of aryl methyl sites for hydroxylation is 2. The molecule has 1 atom stereocenters. The molecule has 1 aromatic carbocycles. The molecule has 0 saturated heterocycles. The Hall–Kier alpha value is -1.88. The van der Waals surface area contributed by atoms with Crippen LogP contribution in [-0.2, 0) is 16.0 Å². The molecular weight excluding hydrogens is 406 g/mol. The Labute approximate surface area is 170 Å². The second kappa shape index (κ2) is 11.1. The molecule has 2 rings (SSSR count). The first-order chi connectivity index (χ1) is 13.0. The minimum atomic E-state index is -0.155. The number of esters is 1. The van der Waals surface area contributed by atoms with Crippen LogP contribution in [0.25, 0.3) is 0 Å². The number of hydrogen-bond donors (Lipinski definition) is 0. The van der Waals surface area contributed by atoms with E-state index < -0.39 is 0 Å². The van der Waals surface area contributed by atoms with E-state index in [0.717, 1.165) is 46.4 Å². The van der Waals surface area contributed by atoms with Crippen molar-refractivity contribution in [2.24, 2.45) is 0 Å². The third kappa shape index (κ3) is 6.98. The second-order valence-corrected chi connectivity index (χ2v) is 7.34. The summed E-state index contributed by atoms with van der Waals surface area (Å²) >= 11 is 3.44. The lowest BCUT2D eigenvalue weighted by Gasteiger charge is -2.20. The van der Waals surface area contributed by atoms with Gasteiger partial charge < -0.3 is 9.47 Å². The maximum absolute atomic E-state index is 11.6. The molecule has 0 fully saturated rings. The van der Waals surface area contributed by atoms with Crippen LogP contribution in [0, 0.1) is 6.92 Å². The summed E-state index contributed by atoms with van der Waals surface area (Å²) in [6.45, 7) is 6.47. The Bertz CT molecular complexity index is 748. The summed E-state index contributed by atoms with van der Waals surface area (Å²) in [5.74, 6) is 0.674. The number of carbonyl (C=O) groups is 1. The Morgan fingerprint density at radius 2 is 2.04 bits per heavy atom. The number of halogens is 1. The van der Waals surface area contributed by atoms with Crippen LogP contribution in [-0.4, -0.2) is 17.6 Å². The van der Waals surface area contributed by atoms with Gasteiger partial charge >= 0.3 is 5.97 Å². The fourth-order valence-electron chi connectivity index (χ4n) is 2.92. The van der Waals surface area contributed by atoms with E-state index in [1.54, 1.807) is 0 Å². The third-order valence-corrected chi connectivity index (χ3v) is 4.82. The van der Waals surface area contributed by atoms with E-state index in [0.29, 0.717) is 19.4 Å². The van der Waals surface area contributed by atoms with E-state index in [-0.39, 0.29) is 12.1 Å². The molecule has 1 heterocycles. The highest BCUT2D eigenvalue weighted by Gasteiger charge is 2.16. The molecule has 0 saturated carbocycles. The van der Waals surface area contributed by atoms with Crippen LogP contribution in [0.5, 0.6) is 5.75 Å². The van der Waals surface area contributed by atoms with Crippen molar-refractivity contribution < 1.29 is 14.3 Å². The van der Waals surface area contributed by atoms with Gasteiger partial charge in [0.2, 0.25) is 0 Å². The summed E-state index contributed by atoms with van der Waals surface area (Å²) in [7, 11) is 0. The zero-order chi connectivity index (χ0) is 19.6. The Morgan fingerprint density at radius 1 is 1.22 bits per heavy atom. The SMILES string of the molecule is CCCC[C@H](Oc1ccc(CCC(=O)OCC)c(C)c1)c1cccc(Br)n1. The van der Waals surface area contributed by atoms with Crippen LogP contribution in [0.3, 0.4) is 0 Å². The summed E-state index contributed by atoms with van der Waals surface area (Å²) in [4.78, 5) is 16.1. The van der Waals surface area contributed by atoms with Crippen LogP contribution < -0.4 is 4.74 Å². The van der Waals surface area contributed by atoms with E-state index >= 15 is 0 Å². The van der Waals surface area contributed by atoms with Crippen molar-refractivity contribution in [3.63, 3.8) is 0 Å². The van der Waals surface area contributed by atoms with Gasteiger partial charge in [0.15, 0.2) is 0 Å². The quantitative estimate of drug-likeness (QED) is 0.342. The van der Waals surface area contributed by atoms with Crippen molar-refractivity contribution in [1.29, 1.82) is 0 Å². The average molecular weight is 434 g/mol. The highest BCUT2D eigenvalue weighted by Crippen LogP contribution is 2.28. The normalized spacial score (nSPS) is 11.9. The van der Waals surface area contributed by atoms with Gasteiger partial charge in [0.25, 0.3) is 0 Å². The lowest BCUT2D eigenvalue weighted by atomic mass is 10.0. The summed E-state index contributed by atoms with van der Waals surface area (Å²) in [6, 6.07) is 12.0. The minimum Gasteiger partial charge on any atom is -0.484 e. The van der Waals surface area contributed by atoms with Crippen LogP contribution in [0.4, 0.5) is 0 Å². The van der Waals surface area contributed by atoms with Crippen molar-refractivity contribution in [1.82, 2.24) is 4.98 Å². The summed E-state index contributed by atoms with van der Waals surface area (Å²) < 4.78 is 12.1. The number of carbonyl (C=O) groups excluding carboxylic acids is 1. The molecule has 0 unspecified atom stereocenters. The van der Waals surface area contributed by atoms with Gasteiger partial charge in [0.1, 0.15) is 16.5 Å². The summed E-state index contributed by atoms with van der Waals surface area (Å²) in [5, 5.41) is 0. The van der Waals surface area contributed by atoms with Gasteiger partial charge in [0.05, 0.1) is 12.3 Å². The molecule has 0 aliphatic rings. The fraction of sp³-hybridized carbons (Fsp3) is 0.455. The molecule has 0 radical (unpaired) electrons. The standard InChI is InChI=1S/C22H28BrNO3/c1-4-6-9-20(19-8-7-10-21(23)24-19)27-18-13-11-17(16(3)15-18)12-14-22(25)26-5-2/h7-8,10-11,13,15,20H,4-6,9,12,14H2,1-3H3/t20-/m0/s1. The smallest absolute Gasteiger partial charge is 0.306 e. The van der Waals surface area contributed by atoms with Gasteiger partial charge in [-0.25, -0.2) is 4.98 Å². The summed E-state index contributed by atoms with van der Waals surface area (Å²) in [5.41, 5.74) is 3.19. The molecule has 4 nitrogen and oxygen atoms in total. The van der Waals surface area contributed by atoms with Crippen LogP contribution in [0.2, 0.25) is 0 Å². The molecule has 0 bridgehead atoms. The summed E-state index contributed by atoms with van der Waals surface area (Å²) in [6.07, 6.45) is 4.11. The Morgan fingerprint density at radius 3 is 2.70 bits per heavy atom. The molecule has 0 spiro atoms. The van der Waals surface area contributed by atoms with Crippen molar-refractivity contribution in [2.75, 3.05) is 6.61 Å². The number of ether oxygens (including phenoxy) is 2. The van der Waals surface area contributed by atoms with Crippen molar-refractivity contribution >= 4 is 21.9 Å². The van der Waals surface area contributed by atoms with E-state index in [1.165, 1.54) is 0 Å². The van der Waals surface area contributed by atoms with E-state index in [2.05, 4.69) is 27.8 Å². The zero-order valence-electron chi connectivity index (χ0n) is 16.3. The minimum absolute atomic E-state index is 0.0766. The van der Waals surface area contributed by atoms with E-state index in [1.807, 2.05) is 50.2 Å². The van der Waals surface area contributed by atoms with E-state index in [9.17, 15) is 4.79 Å². The molecule has 27 heavy (non-hydrogen) atoms. The highest BCUT2D eigenvalue weighted by atomic mass is 79.9. The fourth-order valence-corrected chi connectivity index (χ4v) is 3.27. The molecule has 0 N–H and O–H groups in total. The lowest BCUT2D eigenvalue weighted by Crippen LogP contribution is -2.10. The second-order valence-electron chi connectivity index (χ2n) is 6.53. The first kappa shape index (κ1) is 21.4. The average Bonchev–Trinajstić information content (AvgIpc) is 2.64. The number of rotatable bonds is 10. The number of unbranched alkanes of at least 4 members (excludes halogenated alkanes) is 1. The Kier molecular flexibility index (Phi) is 8.79. The largest absolute Gasteiger partial charge is 0.484 e. The third-order valence-electron chi connectivity index (χ3n) is 4.38. The number of hydrogen-bond acceptors (Lipinski definition) is 4. The Balaban J connectivity index is 2.08. The first-order valence-electron chi connectivity index (χ1n) is 9.57. The van der Waals surface area contributed by atoms with E-state index in [4.69, 9.17) is 9.47 Å². The van der Waals surface area contributed by atoms with Crippen LogP contribution in [0.15, 0.2) is 41.0 Å². The van der Waals surface area contributed by atoms with Crippen molar-refractivity contribution in [3.8, 4) is 5.75 Å². The van der Waals surface area contributed by atoms with Gasteiger partial charge in [-0.15, -0.1) is 0 Å². The monoisotopic (exact) mass is 433 g/mol. The van der Waals surface area contributed by atoms with Gasteiger partial charge in [-0.3, -0.25) is 4.79 Å². The molecule has 0 aliphatic carbocycles. The zero-order valence-corrected chi connectivity index (χ0v) is 17.9. The van der Waals surface area contributed by atoms with Crippen LogP contribution in [0.1, 0.15) is 62.5 Å². The molecule has 1 aromatic heterocycles. The van der Waals surface area contributed by atoms with Gasteiger partial charge in [0, 0.05) is 6.42 Å². The maximum Gasteiger partial charge on any atom is 0.306 e. The predicted octanol–water partition coefficient (Wildman–Crippen LogP) is 5.96. The van der Waals surface area contributed by atoms with Gasteiger partial charge in [-0.1, -0.05) is 25.5 Å². The first-order valence-corrected chi connectivity index (χ1v) is 10.4. The van der Waals surface area contributed by atoms with Crippen molar-refractivity contribution in [2.45, 2.75) is 59.0 Å². The van der Waals surface area contributed by atoms with Gasteiger partial charge in [-0.05, 0) is 84.4 Å². The lowest BCUT2D eigenvalue weighted by molar-refractivity contribution is -0.143. The predicted molar refractivity (Wildman–Crippen MR) is 111 cm³/mol. The number of aromatic nitrogens is 1. The number of nitrogens with zero attached hydrogens (tertiary/aromatic N) is 1. The molecule has 5 heteroatoms. The molecule has 2 aromatic rings. The van der Waals surface area contributed by atoms with Crippen molar-refractivity contribution in [3.05, 3.63) is 57.8 Å². The maximum atomic E-state index is 11.6. The molecule has 146 valence electrons. The highest BCUT2D eigenvalue weighted by molar-refractivity contribution is 9.10. The van der Waals surface area contributed by atoms with Gasteiger partial charge in [-0.2, -0.15) is 0 Å². The molecule has 0 aliphatic heterocycles. The number of pyridine rings is 1. The molecule has 0 amide bonds.